The van der Waals surface area contributed by atoms with Gasteiger partial charge in [-0.25, -0.2) is 14.8 Å². The highest BCUT2D eigenvalue weighted by Gasteiger charge is 2.17. The molecule has 0 spiro atoms. The minimum Gasteiger partial charge on any atom is -0.462 e. The number of para-hydroxylation sites is 1. The van der Waals surface area contributed by atoms with Gasteiger partial charge in [0.25, 0.3) is 5.91 Å². The summed E-state index contributed by atoms with van der Waals surface area (Å²) < 4.78 is 5.06. The smallest absolute Gasteiger partial charge is 0.340 e. The molecule has 0 bridgehead atoms. The van der Waals surface area contributed by atoms with E-state index in [0.29, 0.717) is 42.5 Å². The van der Waals surface area contributed by atoms with Crippen LogP contribution in [0.3, 0.4) is 0 Å². The Kier molecular flexibility index (Phi) is 7.73. The fourth-order valence-electron chi connectivity index (χ4n) is 2.64. The number of nitrogens with one attached hydrogen (secondary N) is 1. The van der Waals surface area contributed by atoms with Crippen molar-refractivity contribution in [1.29, 1.82) is 0 Å². The third-order valence-corrected chi connectivity index (χ3v) is 3.83. The van der Waals surface area contributed by atoms with Gasteiger partial charge in [0.2, 0.25) is 0 Å². The lowest BCUT2D eigenvalue weighted by molar-refractivity contribution is 0.0527. The molecular weight excluding hydrogens is 344 g/mol. The first kappa shape index (κ1) is 20.4. The molecule has 7 nitrogen and oxygen atoms in total. The highest BCUT2D eigenvalue weighted by Crippen LogP contribution is 2.20. The van der Waals surface area contributed by atoms with Crippen molar-refractivity contribution in [3.63, 3.8) is 0 Å². The highest BCUT2D eigenvalue weighted by atomic mass is 16.5. The number of hydrogen-bond acceptors (Lipinski definition) is 6. The Balaban J connectivity index is 2.14. The summed E-state index contributed by atoms with van der Waals surface area (Å²) in [5, 5.41) is 3.06. The Hall–Kier alpha value is -2.96. The van der Waals surface area contributed by atoms with Crippen LogP contribution in [0, 0.1) is 0 Å². The summed E-state index contributed by atoms with van der Waals surface area (Å²) in [6.07, 6.45) is 4.73. The molecule has 0 atom stereocenters. The third kappa shape index (κ3) is 5.51. The Morgan fingerprint density at radius 1 is 1.04 bits per heavy atom. The summed E-state index contributed by atoms with van der Waals surface area (Å²) in [6.45, 7) is 7.53. The van der Waals surface area contributed by atoms with Crippen LogP contribution >= 0.6 is 0 Å². The zero-order chi connectivity index (χ0) is 19.6. The number of carbonyl (C=O) groups is 2. The fraction of sp³-hybridized carbons (Fsp3) is 0.400. The number of carbonyl (C=O) groups excluding carboxylic acids is 2. The van der Waals surface area contributed by atoms with Gasteiger partial charge in [-0.1, -0.05) is 26.0 Å². The van der Waals surface area contributed by atoms with Crippen molar-refractivity contribution in [2.24, 2.45) is 0 Å². The lowest BCUT2D eigenvalue weighted by Crippen LogP contribution is -2.33. The van der Waals surface area contributed by atoms with E-state index in [1.54, 1.807) is 30.0 Å². The van der Waals surface area contributed by atoms with Crippen LogP contribution in [0.15, 0.2) is 36.7 Å². The van der Waals surface area contributed by atoms with Crippen LogP contribution in [-0.4, -0.2) is 46.4 Å². The minimum absolute atomic E-state index is 0.121. The third-order valence-electron chi connectivity index (χ3n) is 3.83. The Morgan fingerprint density at radius 2 is 1.74 bits per heavy atom. The van der Waals surface area contributed by atoms with Gasteiger partial charge in [-0.3, -0.25) is 4.79 Å². The van der Waals surface area contributed by atoms with Gasteiger partial charge in [-0.2, -0.15) is 0 Å². The lowest BCUT2D eigenvalue weighted by Gasteiger charge is -2.20. The van der Waals surface area contributed by atoms with Gasteiger partial charge in [-0.15, -0.1) is 0 Å². The molecule has 2 rings (SSSR count). The molecule has 1 N–H and O–H groups in total. The van der Waals surface area contributed by atoms with Crippen molar-refractivity contribution in [3.8, 4) is 0 Å². The van der Waals surface area contributed by atoms with Gasteiger partial charge in [0.15, 0.2) is 0 Å². The number of esters is 1. The highest BCUT2D eigenvalue weighted by molar-refractivity contribution is 5.96. The monoisotopic (exact) mass is 370 g/mol. The number of rotatable bonds is 9. The second-order valence-corrected chi connectivity index (χ2v) is 5.97. The van der Waals surface area contributed by atoms with Crippen molar-refractivity contribution >= 4 is 23.4 Å². The van der Waals surface area contributed by atoms with Crippen LogP contribution in [0.1, 0.15) is 54.5 Å². The van der Waals surface area contributed by atoms with E-state index in [9.17, 15) is 9.59 Å². The molecule has 1 amide bonds. The molecule has 0 aliphatic carbocycles. The topological polar surface area (TPSA) is 84.4 Å². The van der Waals surface area contributed by atoms with Gasteiger partial charge in [0.1, 0.15) is 11.5 Å². The average Bonchev–Trinajstić information content (AvgIpc) is 2.68. The Labute approximate surface area is 159 Å². The van der Waals surface area contributed by atoms with Crippen molar-refractivity contribution in [3.05, 3.63) is 47.9 Å². The van der Waals surface area contributed by atoms with E-state index in [4.69, 9.17) is 4.74 Å². The summed E-state index contributed by atoms with van der Waals surface area (Å²) in [5.41, 5.74) is 1.29. The van der Waals surface area contributed by atoms with Crippen molar-refractivity contribution in [2.75, 3.05) is 25.0 Å². The first-order valence-corrected chi connectivity index (χ1v) is 9.25. The summed E-state index contributed by atoms with van der Waals surface area (Å²) in [6, 6.07) is 7.01. The molecule has 1 heterocycles. The van der Waals surface area contributed by atoms with Crippen LogP contribution in [0.5, 0.6) is 0 Å². The first-order chi connectivity index (χ1) is 13.1. The first-order valence-electron chi connectivity index (χ1n) is 9.25. The largest absolute Gasteiger partial charge is 0.462 e. The van der Waals surface area contributed by atoms with E-state index in [1.807, 2.05) is 19.9 Å². The van der Waals surface area contributed by atoms with E-state index in [0.717, 1.165) is 12.8 Å². The number of ether oxygens (including phenoxy) is 1. The zero-order valence-electron chi connectivity index (χ0n) is 16.1. The summed E-state index contributed by atoms with van der Waals surface area (Å²) >= 11 is 0. The molecule has 144 valence electrons. The summed E-state index contributed by atoms with van der Waals surface area (Å²) in [7, 11) is 0. The van der Waals surface area contributed by atoms with Crippen molar-refractivity contribution < 1.29 is 14.3 Å². The van der Waals surface area contributed by atoms with Crippen molar-refractivity contribution in [2.45, 2.75) is 33.6 Å². The Morgan fingerprint density at radius 3 is 2.33 bits per heavy atom. The van der Waals surface area contributed by atoms with Crippen LogP contribution in [0.4, 0.5) is 11.5 Å². The molecule has 0 radical (unpaired) electrons. The molecule has 27 heavy (non-hydrogen) atoms. The lowest BCUT2D eigenvalue weighted by atomic mass is 10.2. The van der Waals surface area contributed by atoms with E-state index < -0.39 is 5.97 Å². The number of anilines is 2. The molecule has 1 aromatic heterocycles. The van der Waals surface area contributed by atoms with Crippen LogP contribution in [-0.2, 0) is 4.74 Å². The molecule has 0 saturated heterocycles. The normalized spacial score (nSPS) is 10.3. The maximum Gasteiger partial charge on any atom is 0.340 e. The predicted molar refractivity (Wildman–Crippen MR) is 104 cm³/mol. The zero-order valence-corrected chi connectivity index (χ0v) is 16.1. The van der Waals surface area contributed by atoms with E-state index in [-0.39, 0.29) is 5.91 Å². The number of aromatic nitrogens is 2. The number of amides is 1. The van der Waals surface area contributed by atoms with Crippen LogP contribution in [0.2, 0.25) is 0 Å². The Bertz CT molecular complexity index is 756. The fourth-order valence-corrected chi connectivity index (χ4v) is 2.64. The molecule has 0 fully saturated rings. The number of nitrogens with zero attached hydrogens (tertiary/aromatic N) is 3. The van der Waals surface area contributed by atoms with E-state index in [1.165, 1.54) is 12.4 Å². The molecule has 1 aromatic carbocycles. The average molecular weight is 370 g/mol. The molecule has 0 aliphatic rings. The van der Waals surface area contributed by atoms with Gasteiger partial charge in [-0.05, 0) is 31.9 Å². The molecule has 2 aromatic rings. The van der Waals surface area contributed by atoms with E-state index in [2.05, 4.69) is 15.3 Å². The van der Waals surface area contributed by atoms with Crippen LogP contribution in [0.25, 0.3) is 0 Å². The number of benzene rings is 1. The summed E-state index contributed by atoms with van der Waals surface area (Å²) in [5.74, 6) is -0.0827. The molecule has 0 saturated carbocycles. The van der Waals surface area contributed by atoms with Gasteiger partial charge in [0.05, 0.1) is 30.3 Å². The quantitative estimate of drug-likeness (QED) is 0.678. The van der Waals surface area contributed by atoms with Crippen molar-refractivity contribution in [1.82, 2.24) is 14.9 Å². The standard InChI is InChI=1S/C20H26N4O3/c1-4-11-24(12-5-2)19(25)17-13-22-18(14-21-17)23-16-10-8-7-9-15(16)20(26)27-6-3/h7-10,13-14H,4-6,11-12H2,1-3H3,(H,22,23). The second-order valence-electron chi connectivity index (χ2n) is 5.97. The SMILES string of the molecule is CCCN(CCC)C(=O)c1cnc(Nc2ccccc2C(=O)OCC)cn1. The molecular formula is C20H26N4O3. The van der Waals surface area contributed by atoms with Crippen LogP contribution < -0.4 is 5.32 Å². The van der Waals surface area contributed by atoms with Gasteiger partial charge < -0.3 is 15.0 Å². The molecule has 7 heteroatoms. The summed E-state index contributed by atoms with van der Waals surface area (Å²) in [4.78, 5) is 34.9. The maximum absolute atomic E-state index is 12.6. The predicted octanol–water partition coefficient (Wildman–Crippen LogP) is 3.66. The molecule has 0 aliphatic heterocycles. The molecule has 0 unspecified atom stereocenters. The second kappa shape index (κ2) is 10.3. The van der Waals surface area contributed by atoms with Gasteiger partial charge >= 0.3 is 5.97 Å². The number of hydrogen-bond donors (Lipinski definition) is 1. The van der Waals surface area contributed by atoms with Gasteiger partial charge in [0, 0.05) is 13.1 Å². The van der Waals surface area contributed by atoms with E-state index >= 15 is 0 Å². The maximum atomic E-state index is 12.6. The minimum atomic E-state index is -0.407.